The van der Waals surface area contributed by atoms with Crippen LogP contribution in [0.2, 0.25) is 0 Å². The first-order valence-corrected chi connectivity index (χ1v) is 12.1. The Hall–Kier alpha value is -2.64. The summed E-state index contributed by atoms with van der Waals surface area (Å²) in [6.07, 6.45) is 8.32. The molecule has 0 spiro atoms. The number of thiophene rings is 1. The van der Waals surface area contributed by atoms with E-state index in [9.17, 15) is 9.18 Å². The zero-order valence-electron chi connectivity index (χ0n) is 18.3. The Bertz CT molecular complexity index is 1040. The molecule has 2 aromatic heterocycles. The van der Waals surface area contributed by atoms with Crippen LogP contribution in [0.25, 0.3) is 17.3 Å². The number of hydrogen-bond donors (Lipinski definition) is 1. The van der Waals surface area contributed by atoms with Crippen molar-refractivity contribution in [3.05, 3.63) is 77.2 Å². The van der Waals surface area contributed by atoms with Crippen LogP contribution in [0.5, 0.6) is 0 Å². The van der Waals surface area contributed by atoms with Crippen LogP contribution in [0.15, 0.2) is 59.5 Å². The number of rotatable bonds is 7. The van der Waals surface area contributed by atoms with Crippen molar-refractivity contribution in [2.24, 2.45) is 0 Å². The minimum absolute atomic E-state index is 0.177. The molecule has 31 heavy (non-hydrogen) atoms. The molecule has 0 bridgehead atoms. The summed E-state index contributed by atoms with van der Waals surface area (Å²) in [4.78, 5) is 13.9. The molecule has 0 aliphatic heterocycles. The molecule has 0 saturated carbocycles. The third-order valence-corrected chi connectivity index (χ3v) is 6.32. The van der Waals surface area contributed by atoms with Gasteiger partial charge in [-0.15, -0.1) is 23.1 Å². The van der Waals surface area contributed by atoms with Crippen LogP contribution in [0.3, 0.4) is 0 Å². The van der Waals surface area contributed by atoms with E-state index < -0.39 is 0 Å². The summed E-state index contributed by atoms with van der Waals surface area (Å²) in [6.45, 7) is 10.4. The molecule has 0 radical (unpaired) electrons. The van der Waals surface area contributed by atoms with Crippen LogP contribution in [0.1, 0.15) is 43.3 Å². The summed E-state index contributed by atoms with van der Waals surface area (Å²) in [5.74, 6) is -0.494. The van der Waals surface area contributed by atoms with Gasteiger partial charge >= 0.3 is 0 Å². The maximum Gasteiger partial charge on any atom is 0.251 e. The third kappa shape index (κ3) is 6.42. The van der Waals surface area contributed by atoms with Gasteiger partial charge in [-0.2, -0.15) is 5.10 Å². The van der Waals surface area contributed by atoms with Gasteiger partial charge in [0.25, 0.3) is 5.91 Å². The van der Waals surface area contributed by atoms with Gasteiger partial charge in [-0.25, -0.2) is 9.07 Å². The van der Waals surface area contributed by atoms with E-state index in [4.69, 9.17) is 0 Å². The SMILES string of the molecule is C=Cc1c(/C(=C\C)C(=O)NCc2ccc(SC)s2)cnn1-c1ccc(F)cc1.CCC. The van der Waals surface area contributed by atoms with Gasteiger partial charge in [0, 0.05) is 16.0 Å². The lowest BCUT2D eigenvalue weighted by Gasteiger charge is -2.09. The minimum Gasteiger partial charge on any atom is -0.347 e. The number of carbonyl (C=O) groups excluding carboxylic acids is 1. The van der Waals surface area contributed by atoms with Crippen molar-refractivity contribution in [1.29, 1.82) is 0 Å². The third-order valence-electron chi connectivity index (χ3n) is 4.16. The van der Waals surface area contributed by atoms with Crippen molar-refractivity contribution < 1.29 is 9.18 Å². The van der Waals surface area contributed by atoms with Crippen LogP contribution in [-0.2, 0) is 11.3 Å². The fraction of sp³-hybridized carbons (Fsp3) is 0.250. The summed E-state index contributed by atoms with van der Waals surface area (Å²) >= 11 is 3.35. The molecule has 2 heterocycles. The van der Waals surface area contributed by atoms with Gasteiger partial charge in [0.05, 0.1) is 28.3 Å². The van der Waals surface area contributed by atoms with Crippen molar-refractivity contribution in [2.75, 3.05) is 6.26 Å². The molecule has 0 saturated heterocycles. The number of nitrogens with one attached hydrogen (secondary N) is 1. The second kappa shape index (κ2) is 12.3. The first-order chi connectivity index (χ1) is 15.0. The molecule has 0 aliphatic carbocycles. The first kappa shape index (κ1) is 24.6. The molecular weight excluding hydrogens is 429 g/mol. The highest BCUT2D eigenvalue weighted by atomic mass is 32.2. The standard InChI is InChI=1S/C21H20FN3OS2.C3H8/c1-4-17(21(26)23-12-16-10-11-20(27-3)28-16)18-13-24-25(19(18)5-2)15-8-6-14(22)7-9-15;1-3-2/h4-11,13H,2,12H2,1,3H3,(H,23,26);3H2,1-2H3/b17-4+;. The van der Waals surface area contributed by atoms with E-state index in [1.165, 1.54) is 22.8 Å². The monoisotopic (exact) mass is 457 g/mol. The van der Waals surface area contributed by atoms with Crippen LogP contribution >= 0.6 is 23.1 Å². The van der Waals surface area contributed by atoms with Crippen molar-refractivity contribution in [3.63, 3.8) is 0 Å². The molecule has 1 amide bonds. The molecule has 0 aliphatic rings. The van der Waals surface area contributed by atoms with E-state index >= 15 is 0 Å². The topological polar surface area (TPSA) is 46.9 Å². The highest BCUT2D eigenvalue weighted by Gasteiger charge is 2.18. The highest BCUT2D eigenvalue weighted by Crippen LogP contribution is 2.26. The first-order valence-electron chi connectivity index (χ1n) is 10.0. The summed E-state index contributed by atoms with van der Waals surface area (Å²) < 4.78 is 16.1. The number of halogens is 1. The molecule has 7 heteroatoms. The molecule has 4 nitrogen and oxygen atoms in total. The zero-order chi connectivity index (χ0) is 22.8. The summed E-state index contributed by atoms with van der Waals surface area (Å²) in [5.41, 5.74) is 2.57. The van der Waals surface area contributed by atoms with E-state index in [0.29, 0.717) is 29.1 Å². The Labute approximate surface area is 191 Å². The quantitative estimate of drug-likeness (QED) is 0.322. The lowest BCUT2D eigenvalue weighted by molar-refractivity contribution is -0.115. The van der Waals surface area contributed by atoms with Gasteiger partial charge in [0.2, 0.25) is 0 Å². The van der Waals surface area contributed by atoms with Crippen LogP contribution in [-0.4, -0.2) is 21.9 Å². The summed E-state index contributed by atoms with van der Waals surface area (Å²) in [7, 11) is 0. The van der Waals surface area contributed by atoms with E-state index in [-0.39, 0.29) is 11.7 Å². The second-order valence-corrected chi connectivity index (χ2v) is 8.83. The zero-order valence-corrected chi connectivity index (χ0v) is 19.9. The van der Waals surface area contributed by atoms with Crippen LogP contribution in [0, 0.1) is 5.82 Å². The lowest BCUT2D eigenvalue weighted by Crippen LogP contribution is -2.23. The number of benzene rings is 1. The van der Waals surface area contributed by atoms with E-state index in [1.807, 2.05) is 19.2 Å². The van der Waals surface area contributed by atoms with Gasteiger partial charge < -0.3 is 5.32 Å². The Balaban J connectivity index is 0.00000107. The van der Waals surface area contributed by atoms with Crippen molar-refractivity contribution in [1.82, 2.24) is 15.1 Å². The number of nitrogens with zero attached hydrogens (tertiary/aromatic N) is 2. The van der Waals surface area contributed by atoms with Crippen LogP contribution < -0.4 is 5.32 Å². The molecule has 0 unspecified atom stereocenters. The smallest absolute Gasteiger partial charge is 0.251 e. The second-order valence-electron chi connectivity index (χ2n) is 6.55. The minimum atomic E-state index is -0.317. The molecule has 3 rings (SSSR count). The fourth-order valence-corrected chi connectivity index (χ4v) is 4.32. The van der Waals surface area contributed by atoms with Gasteiger partial charge in [0.15, 0.2) is 0 Å². The normalized spacial score (nSPS) is 10.9. The van der Waals surface area contributed by atoms with Gasteiger partial charge in [-0.1, -0.05) is 32.9 Å². The molecule has 3 aromatic rings. The Morgan fingerprint density at radius 1 is 1.26 bits per heavy atom. The van der Waals surface area contributed by atoms with E-state index in [1.54, 1.807) is 58.3 Å². The molecule has 1 aromatic carbocycles. The number of carbonyl (C=O) groups is 1. The fourth-order valence-electron chi connectivity index (χ4n) is 2.78. The molecule has 0 fully saturated rings. The average molecular weight is 458 g/mol. The maximum atomic E-state index is 13.2. The van der Waals surface area contributed by atoms with Gasteiger partial charge in [0.1, 0.15) is 5.82 Å². The maximum absolute atomic E-state index is 13.2. The summed E-state index contributed by atoms with van der Waals surface area (Å²) in [5, 5.41) is 7.34. The predicted octanol–water partition coefficient (Wildman–Crippen LogP) is 6.57. The van der Waals surface area contributed by atoms with Crippen LogP contribution in [0.4, 0.5) is 4.39 Å². The largest absolute Gasteiger partial charge is 0.347 e. The number of thioether (sulfide) groups is 1. The Kier molecular flexibility index (Phi) is 9.75. The van der Waals surface area contributed by atoms with Gasteiger partial charge in [-0.05, 0) is 55.7 Å². The number of amides is 1. The van der Waals surface area contributed by atoms with E-state index in [2.05, 4.69) is 36.9 Å². The number of allylic oxidation sites excluding steroid dienone is 1. The van der Waals surface area contributed by atoms with Crippen molar-refractivity contribution in [2.45, 2.75) is 37.9 Å². The average Bonchev–Trinajstić information content (AvgIpc) is 3.41. The summed E-state index contributed by atoms with van der Waals surface area (Å²) in [6, 6.07) is 10.1. The molecule has 0 atom stereocenters. The number of hydrogen-bond acceptors (Lipinski definition) is 4. The van der Waals surface area contributed by atoms with Gasteiger partial charge in [-0.3, -0.25) is 4.79 Å². The lowest BCUT2D eigenvalue weighted by atomic mass is 10.1. The molecule has 1 N–H and O–H groups in total. The predicted molar refractivity (Wildman–Crippen MR) is 131 cm³/mol. The van der Waals surface area contributed by atoms with E-state index in [0.717, 1.165) is 4.88 Å². The highest BCUT2D eigenvalue weighted by molar-refractivity contribution is 8.00. The molecule has 164 valence electrons. The number of aromatic nitrogens is 2. The Morgan fingerprint density at radius 3 is 2.48 bits per heavy atom. The van der Waals surface area contributed by atoms with Crippen molar-refractivity contribution >= 4 is 40.7 Å². The Morgan fingerprint density at radius 2 is 1.94 bits per heavy atom. The molecular formula is C24H28FN3OS2. The van der Waals surface area contributed by atoms with Crippen molar-refractivity contribution in [3.8, 4) is 5.69 Å².